The van der Waals surface area contributed by atoms with Gasteiger partial charge in [0.25, 0.3) is 0 Å². The smallest absolute Gasteiger partial charge is 0.223 e. The summed E-state index contributed by atoms with van der Waals surface area (Å²) in [7, 11) is 0. The van der Waals surface area contributed by atoms with E-state index in [4.69, 9.17) is 5.73 Å². The molecule has 0 aliphatic rings. The van der Waals surface area contributed by atoms with Crippen LogP contribution in [0.4, 0.5) is 5.95 Å². The molecular formula is C12H22N4. The fourth-order valence-corrected chi connectivity index (χ4v) is 1.60. The lowest BCUT2D eigenvalue weighted by Gasteiger charge is -2.24. The topological polar surface area (TPSA) is 63.8 Å². The summed E-state index contributed by atoms with van der Waals surface area (Å²) in [6, 6.07) is 1.97. The highest BCUT2D eigenvalue weighted by Crippen LogP contribution is 2.19. The van der Waals surface area contributed by atoms with Crippen molar-refractivity contribution >= 4 is 5.95 Å². The Morgan fingerprint density at radius 1 is 1.25 bits per heavy atom. The van der Waals surface area contributed by atoms with Crippen LogP contribution >= 0.6 is 0 Å². The summed E-state index contributed by atoms with van der Waals surface area (Å²) in [4.78, 5) is 8.69. The number of aromatic nitrogens is 2. The van der Waals surface area contributed by atoms with Crippen molar-refractivity contribution in [1.29, 1.82) is 0 Å². The first-order valence-electron chi connectivity index (χ1n) is 5.69. The average molecular weight is 222 g/mol. The normalized spacial score (nSPS) is 11.6. The molecule has 0 aliphatic heterocycles. The van der Waals surface area contributed by atoms with Gasteiger partial charge in [0.05, 0.1) is 0 Å². The molecule has 1 rings (SSSR count). The Labute approximate surface area is 97.7 Å². The second-order valence-electron chi connectivity index (χ2n) is 5.03. The highest BCUT2D eigenvalue weighted by Gasteiger charge is 2.16. The Hall–Kier alpha value is -1.16. The molecule has 0 spiro atoms. The van der Waals surface area contributed by atoms with E-state index in [2.05, 4.69) is 29.1 Å². The van der Waals surface area contributed by atoms with Crippen molar-refractivity contribution in [3.05, 3.63) is 17.5 Å². The van der Waals surface area contributed by atoms with Crippen LogP contribution in [0, 0.1) is 19.3 Å². The van der Waals surface area contributed by atoms with Gasteiger partial charge in [-0.3, -0.25) is 0 Å². The SMILES string of the molecule is Cc1cc(C)nc(NCC(C)(C)CCN)n1. The second-order valence-corrected chi connectivity index (χ2v) is 5.03. The van der Waals surface area contributed by atoms with Crippen LogP contribution in [-0.4, -0.2) is 23.1 Å². The van der Waals surface area contributed by atoms with Gasteiger partial charge in [-0.25, -0.2) is 9.97 Å². The minimum Gasteiger partial charge on any atom is -0.354 e. The van der Waals surface area contributed by atoms with E-state index in [1.165, 1.54) is 0 Å². The Morgan fingerprint density at radius 2 is 1.81 bits per heavy atom. The van der Waals surface area contributed by atoms with E-state index in [1.54, 1.807) is 0 Å². The van der Waals surface area contributed by atoms with E-state index in [-0.39, 0.29) is 5.41 Å². The van der Waals surface area contributed by atoms with Crippen molar-refractivity contribution in [3.8, 4) is 0 Å². The molecule has 0 bridgehead atoms. The van der Waals surface area contributed by atoms with Crippen molar-refractivity contribution in [2.24, 2.45) is 11.1 Å². The monoisotopic (exact) mass is 222 g/mol. The first-order valence-corrected chi connectivity index (χ1v) is 5.69. The number of hydrogen-bond donors (Lipinski definition) is 2. The average Bonchev–Trinajstić information content (AvgIpc) is 2.13. The van der Waals surface area contributed by atoms with E-state index in [0.717, 1.165) is 24.4 Å². The molecule has 4 heteroatoms. The molecule has 0 aromatic carbocycles. The fourth-order valence-electron chi connectivity index (χ4n) is 1.60. The minimum absolute atomic E-state index is 0.176. The van der Waals surface area contributed by atoms with E-state index in [1.807, 2.05) is 19.9 Å². The molecule has 0 unspecified atom stereocenters. The van der Waals surface area contributed by atoms with Gasteiger partial charge >= 0.3 is 0 Å². The number of nitrogens with one attached hydrogen (secondary N) is 1. The first-order chi connectivity index (χ1) is 7.43. The van der Waals surface area contributed by atoms with Crippen LogP contribution < -0.4 is 11.1 Å². The fraction of sp³-hybridized carbons (Fsp3) is 0.667. The molecule has 1 aromatic rings. The number of nitrogens with zero attached hydrogens (tertiary/aromatic N) is 2. The number of nitrogens with two attached hydrogens (primary N) is 1. The highest BCUT2D eigenvalue weighted by molar-refractivity contribution is 5.27. The van der Waals surface area contributed by atoms with Crippen LogP contribution in [0.5, 0.6) is 0 Å². The first kappa shape index (κ1) is 12.9. The van der Waals surface area contributed by atoms with Crippen molar-refractivity contribution in [1.82, 2.24) is 9.97 Å². The van der Waals surface area contributed by atoms with Crippen LogP contribution in [0.15, 0.2) is 6.07 Å². The van der Waals surface area contributed by atoms with Gasteiger partial charge in [0.15, 0.2) is 0 Å². The van der Waals surface area contributed by atoms with E-state index in [9.17, 15) is 0 Å². The maximum Gasteiger partial charge on any atom is 0.223 e. The maximum absolute atomic E-state index is 5.57. The van der Waals surface area contributed by atoms with Gasteiger partial charge < -0.3 is 11.1 Å². The van der Waals surface area contributed by atoms with E-state index in [0.29, 0.717) is 12.5 Å². The molecule has 0 saturated heterocycles. The van der Waals surface area contributed by atoms with Crippen LogP contribution in [0.3, 0.4) is 0 Å². The van der Waals surface area contributed by atoms with Gasteiger partial charge in [0.1, 0.15) is 0 Å². The summed E-state index contributed by atoms with van der Waals surface area (Å²) in [6.45, 7) is 9.89. The molecule has 90 valence electrons. The number of anilines is 1. The van der Waals surface area contributed by atoms with Gasteiger partial charge in [-0.15, -0.1) is 0 Å². The van der Waals surface area contributed by atoms with Crippen molar-refractivity contribution in [3.63, 3.8) is 0 Å². The van der Waals surface area contributed by atoms with Crippen LogP contribution in [0.1, 0.15) is 31.7 Å². The highest BCUT2D eigenvalue weighted by atomic mass is 15.1. The third kappa shape index (κ3) is 4.14. The summed E-state index contributed by atoms with van der Waals surface area (Å²) in [6.07, 6.45) is 0.991. The van der Waals surface area contributed by atoms with Gasteiger partial charge in [0, 0.05) is 17.9 Å². The van der Waals surface area contributed by atoms with Gasteiger partial charge in [-0.1, -0.05) is 13.8 Å². The summed E-state index contributed by atoms with van der Waals surface area (Å²) >= 11 is 0. The Kier molecular flexibility index (Phi) is 4.24. The van der Waals surface area contributed by atoms with Gasteiger partial charge in [0.2, 0.25) is 5.95 Å². The molecule has 0 saturated carbocycles. The molecule has 3 N–H and O–H groups in total. The Morgan fingerprint density at radius 3 is 2.31 bits per heavy atom. The molecule has 1 heterocycles. The van der Waals surface area contributed by atoms with E-state index < -0.39 is 0 Å². The summed E-state index contributed by atoms with van der Waals surface area (Å²) in [5.74, 6) is 0.711. The van der Waals surface area contributed by atoms with Crippen LogP contribution in [0.2, 0.25) is 0 Å². The molecule has 0 fully saturated rings. The second kappa shape index (κ2) is 5.25. The lowest BCUT2D eigenvalue weighted by atomic mass is 9.89. The van der Waals surface area contributed by atoms with Crippen LogP contribution in [-0.2, 0) is 0 Å². The molecule has 0 amide bonds. The standard InChI is InChI=1S/C12H22N4/c1-9-7-10(2)16-11(15-9)14-8-12(3,4)5-6-13/h7H,5-6,8,13H2,1-4H3,(H,14,15,16). The largest absolute Gasteiger partial charge is 0.354 e. The van der Waals surface area contributed by atoms with E-state index >= 15 is 0 Å². The van der Waals surface area contributed by atoms with Crippen molar-refractivity contribution in [2.75, 3.05) is 18.4 Å². The van der Waals surface area contributed by atoms with Crippen molar-refractivity contribution < 1.29 is 0 Å². The molecular weight excluding hydrogens is 200 g/mol. The Bertz CT molecular complexity index is 327. The number of hydrogen-bond acceptors (Lipinski definition) is 4. The molecule has 0 radical (unpaired) electrons. The molecule has 0 aliphatic carbocycles. The zero-order chi connectivity index (χ0) is 12.2. The molecule has 0 atom stereocenters. The summed E-state index contributed by atoms with van der Waals surface area (Å²) in [5.41, 5.74) is 7.73. The predicted molar refractivity (Wildman–Crippen MR) is 67.4 cm³/mol. The molecule has 1 aromatic heterocycles. The lowest BCUT2D eigenvalue weighted by Crippen LogP contribution is -2.26. The summed E-state index contributed by atoms with van der Waals surface area (Å²) in [5, 5.41) is 3.27. The van der Waals surface area contributed by atoms with Crippen LogP contribution in [0.25, 0.3) is 0 Å². The van der Waals surface area contributed by atoms with Gasteiger partial charge in [-0.05, 0) is 38.3 Å². The third-order valence-electron chi connectivity index (χ3n) is 2.53. The number of aryl methyl sites for hydroxylation is 2. The zero-order valence-corrected chi connectivity index (χ0v) is 10.7. The quantitative estimate of drug-likeness (QED) is 0.798. The molecule has 4 nitrogen and oxygen atoms in total. The maximum atomic E-state index is 5.57. The predicted octanol–water partition coefficient (Wildman–Crippen LogP) is 1.88. The van der Waals surface area contributed by atoms with Crippen molar-refractivity contribution in [2.45, 2.75) is 34.1 Å². The Balaban J connectivity index is 2.60. The zero-order valence-electron chi connectivity index (χ0n) is 10.7. The number of rotatable bonds is 5. The molecule has 16 heavy (non-hydrogen) atoms. The lowest BCUT2D eigenvalue weighted by molar-refractivity contribution is 0.364. The third-order valence-corrected chi connectivity index (χ3v) is 2.53. The minimum atomic E-state index is 0.176. The van der Waals surface area contributed by atoms with Gasteiger partial charge in [-0.2, -0.15) is 0 Å². The summed E-state index contributed by atoms with van der Waals surface area (Å²) < 4.78 is 0.